The van der Waals surface area contributed by atoms with E-state index in [-0.39, 0.29) is 12.3 Å². The van der Waals surface area contributed by atoms with Crippen molar-refractivity contribution in [3.05, 3.63) is 64.2 Å². The summed E-state index contributed by atoms with van der Waals surface area (Å²) in [6, 6.07) is 12.6. The van der Waals surface area contributed by atoms with Crippen LogP contribution in [0.1, 0.15) is 29.3 Å². The Morgan fingerprint density at radius 2 is 1.89 bits per heavy atom. The molecule has 0 fully saturated rings. The van der Waals surface area contributed by atoms with E-state index in [2.05, 4.69) is 65.5 Å². The van der Waals surface area contributed by atoms with Gasteiger partial charge in [0.2, 0.25) is 5.91 Å². The molecule has 1 amide bonds. The standard InChI is InChI=1S/C22H21N3OS2/c1-4-15-5-7-16(8-6-15)21-23-17(12-27-21)11-19(26)24-22-25-20-14(3)9-13(2)10-18(20)28-22/h5-10,12H,4,11H2,1-3H3,(H,24,25,26). The summed E-state index contributed by atoms with van der Waals surface area (Å²) in [6.45, 7) is 6.26. The van der Waals surface area contributed by atoms with E-state index < -0.39 is 0 Å². The van der Waals surface area contributed by atoms with Gasteiger partial charge in [0.25, 0.3) is 0 Å². The largest absolute Gasteiger partial charge is 0.302 e. The second kappa shape index (κ2) is 7.81. The zero-order chi connectivity index (χ0) is 19.7. The van der Waals surface area contributed by atoms with E-state index in [0.717, 1.165) is 38.5 Å². The molecule has 0 saturated carbocycles. The number of aryl methyl sites for hydroxylation is 3. The smallest absolute Gasteiger partial charge is 0.232 e. The fourth-order valence-electron chi connectivity index (χ4n) is 3.16. The first-order valence-corrected chi connectivity index (χ1v) is 10.9. The molecule has 0 atom stereocenters. The van der Waals surface area contributed by atoms with Gasteiger partial charge >= 0.3 is 0 Å². The molecule has 0 spiro atoms. The van der Waals surface area contributed by atoms with Crippen LogP contribution in [-0.4, -0.2) is 15.9 Å². The van der Waals surface area contributed by atoms with Crippen molar-refractivity contribution in [1.82, 2.24) is 9.97 Å². The van der Waals surface area contributed by atoms with Gasteiger partial charge in [-0.15, -0.1) is 11.3 Å². The summed E-state index contributed by atoms with van der Waals surface area (Å²) in [4.78, 5) is 21.7. The number of thiazole rings is 2. The van der Waals surface area contributed by atoms with E-state index in [9.17, 15) is 4.79 Å². The fraction of sp³-hybridized carbons (Fsp3) is 0.227. The Kier molecular flexibility index (Phi) is 5.24. The molecule has 0 saturated heterocycles. The van der Waals surface area contributed by atoms with Crippen LogP contribution in [0.4, 0.5) is 5.13 Å². The number of carbonyl (C=O) groups is 1. The zero-order valence-corrected chi connectivity index (χ0v) is 17.7. The van der Waals surface area contributed by atoms with Gasteiger partial charge in [0.05, 0.1) is 22.3 Å². The molecule has 0 aliphatic heterocycles. The minimum atomic E-state index is -0.0911. The summed E-state index contributed by atoms with van der Waals surface area (Å²) in [5.41, 5.74) is 6.47. The molecule has 2 aromatic heterocycles. The Balaban J connectivity index is 1.45. The normalized spacial score (nSPS) is 11.1. The molecule has 6 heteroatoms. The third-order valence-electron chi connectivity index (χ3n) is 4.58. The van der Waals surface area contributed by atoms with Crippen LogP contribution >= 0.6 is 22.7 Å². The lowest BCUT2D eigenvalue weighted by molar-refractivity contribution is -0.115. The number of amides is 1. The van der Waals surface area contributed by atoms with E-state index >= 15 is 0 Å². The van der Waals surface area contributed by atoms with E-state index in [4.69, 9.17) is 0 Å². The maximum absolute atomic E-state index is 12.5. The van der Waals surface area contributed by atoms with Crippen molar-refractivity contribution >= 4 is 43.9 Å². The Labute approximate surface area is 172 Å². The lowest BCUT2D eigenvalue weighted by Crippen LogP contribution is -2.14. The zero-order valence-electron chi connectivity index (χ0n) is 16.1. The van der Waals surface area contributed by atoms with Crippen molar-refractivity contribution in [2.24, 2.45) is 0 Å². The molecule has 4 rings (SSSR count). The number of rotatable bonds is 5. The molecule has 142 valence electrons. The van der Waals surface area contributed by atoms with Gasteiger partial charge in [-0.25, -0.2) is 9.97 Å². The molecule has 4 aromatic rings. The Morgan fingerprint density at radius 3 is 2.64 bits per heavy atom. The summed E-state index contributed by atoms with van der Waals surface area (Å²) in [5, 5.41) is 6.46. The van der Waals surface area contributed by atoms with Crippen LogP contribution < -0.4 is 5.32 Å². The molecule has 4 nitrogen and oxygen atoms in total. The van der Waals surface area contributed by atoms with E-state index in [1.54, 1.807) is 11.3 Å². The first kappa shape index (κ1) is 18.8. The van der Waals surface area contributed by atoms with Gasteiger partial charge in [-0.1, -0.05) is 48.6 Å². The average molecular weight is 408 g/mol. The van der Waals surface area contributed by atoms with Gasteiger partial charge in [0.15, 0.2) is 5.13 Å². The number of hydrogen-bond acceptors (Lipinski definition) is 5. The fourth-order valence-corrected chi connectivity index (χ4v) is 5.04. The summed E-state index contributed by atoms with van der Waals surface area (Å²) in [7, 11) is 0. The number of benzene rings is 2. The van der Waals surface area contributed by atoms with E-state index in [1.165, 1.54) is 22.5 Å². The van der Waals surface area contributed by atoms with Gasteiger partial charge < -0.3 is 5.32 Å². The number of nitrogens with zero attached hydrogens (tertiary/aromatic N) is 2. The average Bonchev–Trinajstić information content (AvgIpc) is 3.28. The van der Waals surface area contributed by atoms with Gasteiger partial charge in [-0.3, -0.25) is 4.79 Å². The SMILES string of the molecule is CCc1ccc(-c2nc(CC(=O)Nc3nc4c(C)cc(C)cc4s3)cs2)cc1. The number of fused-ring (bicyclic) bond motifs is 1. The predicted molar refractivity (Wildman–Crippen MR) is 118 cm³/mol. The number of nitrogens with one attached hydrogen (secondary N) is 1. The first-order chi connectivity index (χ1) is 13.5. The van der Waals surface area contributed by atoms with Crippen molar-refractivity contribution in [2.45, 2.75) is 33.6 Å². The van der Waals surface area contributed by atoms with Crippen molar-refractivity contribution in [3.63, 3.8) is 0 Å². The molecule has 28 heavy (non-hydrogen) atoms. The molecule has 2 heterocycles. The van der Waals surface area contributed by atoms with Crippen LogP contribution in [0, 0.1) is 13.8 Å². The second-order valence-corrected chi connectivity index (χ2v) is 8.76. The molecule has 0 aliphatic carbocycles. The Hall–Kier alpha value is -2.57. The van der Waals surface area contributed by atoms with Crippen molar-refractivity contribution < 1.29 is 4.79 Å². The maximum Gasteiger partial charge on any atom is 0.232 e. The maximum atomic E-state index is 12.5. The van der Waals surface area contributed by atoms with Crippen molar-refractivity contribution in [2.75, 3.05) is 5.32 Å². The molecule has 0 aliphatic rings. The molecular weight excluding hydrogens is 386 g/mol. The molecule has 2 aromatic carbocycles. The third kappa shape index (κ3) is 3.98. The Bertz CT molecular complexity index is 1140. The molecule has 1 N–H and O–H groups in total. The van der Waals surface area contributed by atoms with Crippen LogP contribution in [0.15, 0.2) is 41.8 Å². The van der Waals surface area contributed by atoms with E-state index in [1.807, 2.05) is 12.3 Å². The lowest BCUT2D eigenvalue weighted by atomic mass is 10.1. The van der Waals surface area contributed by atoms with Crippen molar-refractivity contribution in [1.29, 1.82) is 0 Å². The topological polar surface area (TPSA) is 54.9 Å². The number of carbonyl (C=O) groups excluding carboxylic acids is 1. The third-order valence-corrected chi connectivity index (χ3v) is 6.44. The summed E-state index contributed by atoms with van der Waals surface area (Å²) >= 11 is 3.08. The second-order valence-electron chi connectivity index (χ2n) is 6.87. The molecule has 0 unspecified atom stereocenters. The van der Waals surface area contributed by atoms with Gasteiger partial charge in [-0.2, -0.15) is 0 Å². The monoisotopic (exact) mass is 407 g/mol. The van der Waals surface area contributed by atoms with Gasteiger partial charge in [0, 0.05) is 10.9 Å². The van der Waals surface area contributed by atoms with Crippen LogP contribution in [0.25, 0.3) is 20.8 Å². The van der Waals surface area contributed by atoms with Crippen LogP contribution in [-0.2, 0) is 17.6 Å². The highest BCUT2D eigenvalue weighted by Crippen LogP contribution is 2.29. The first-order valence-electron chi connectivity index (χ1n) is 9.23. The molecule has 0 bridgehead atoms. The number of aromatic nitrogens is 2. The van der Waals surface area contributed by atoms with E-state index in [0.29, 0.717) is 5.13 Å². The van der Waals surface area contributed by atoms with Gasteiger partial charge in [0.1, 0.15) is 5.01 Å². The van der Waals surface area contributed by atoms with Crippen LogP contribution in [0.3, 0.4) is 0 Å². The minimum absolute atomic E-state index is 0.0911. The number of hydrogen-bond donors (Lipinski definition) is 1. The lowest BCUT2D eigenvalue weighted by Gasteiger charge is -2.00. The summed E-state index contributed by atoms with van der Waals surface area (Å²) < 4.78 is 1.10. The Morgan fingerprint density at radius 1 is 1.11 bits per heavy atom. The van der Waals surface area contributed by atoms with Gasteiger partial charge in [-0.05, 0) is 43.0 Å². The van der Waals surface area contributed by atoms with Crippen molar-refractivity contribution in [3.8, 4) is 10.6 Å². The summed E-state index contributed by atoms with van der Waals surface area (Å²) in [6.07, 6.45) is 1.27. The minimum Gasteiger partial charge on any atom is -0.302 e. The highest BCUT2D eigenvalue weighted by molar-refractivity contribution is 7.22. The summed E-state index contributed by atoms with van der Waals surface area (Å²) in [5.74, 6) is -0.0911. The quantitative estimate of drug-likeness (QED) is 0.456. The predicted octanol–water partition coefficient (Wildman–Crippen LogP) is 5.78. The highest BCUT2D eigenvalue weighted by Gasteiger charge is 2.13. The number of anilines is 1. The molecule has 0 radical (unpaired) electrons. The van der Waals surface area contributed by atoms with Crippen LogP contribution in [0.2, 0.25) is 0 Å². The van der Waals surface area contributed by atoms with Crippen LogP contribution in [0.5, 0.6) is 0 Å². The highest BCUT2D eigenvalue weighted by atomic mass is 32.1. The molecular formula is C22H21N3OS2.